The molecule has 6 rings (SSSR count). The van der Waals surface area contributed by atoms with E-state index in [9.17, 15) is 28.3 Å². The molecule has 2 fully saturated rings. The van der Waals surface area contributed by atoms with Gasteiger partial charge in [0.2, 0.25) is 0 Å². The fourth-order valence-corrected chi connectivity index (χ4v) is 5.93. The van der Waals surface area contributed by atoms with Crippen LogP contribution in [0.25, 0.3) is 22.3 Å². The first-order chi connectivity index (χ1) is 19.2. The monoisotopic (exact) mass is 549 g/mol. The summed E-state index contributed by atoms with van der Waals surface area (Å²) in [6.07, 6.45) is 4.32. The number of aromatic amines is 1. The van der Waals surface area contributed by atoms with Crippen LogP contribution >= 0.6 is 0 Å². The van der Waals surface area contributed by atoms with Crippen molar-refractivity contribution < 1.29 is 23.1 Å². The Morgan fingerprint density at radius 2 is 1.95 bits per heavy atom. The number of alkyl halides is 3. The largest absolute Gasteiger partial charge is 0.507 e. The lowest BCUT2D eigenvalue weighted by atomic mass is 9.83. The maximum atomic E-state index is 13.2. The van der Waals surface area contributed by atoms with E-state index in [1.54, 1.807) is 4.90 Å². The average Bonchev–Trinajstić information content (AvgIpc) is 3.60. The Hall–Kier alpha value is -4.37. The molecule has 2 aliphatic heterocycles. The molecule has 0 spiro atoms. The first-order valence-corrected chi connectivity index (χ1v) is 13.0. The second kappa shape index (κ2) is 9.67. The van der Waals surface area contributed by atoms with Gasteiger partial charge in [-0.3, -0.25) is 9.69 Å². The van der Waals surface area contributed by atoms with Gasteiger partial charge in [0.05, 0.1) is 29.3 Å². The highest BCUT2D eigenvalue weighted by atomic mass is 19.4. The number of likely N-dealkylation sites (tertiary alicyclic amines) is 2. The van der Waals surface area contributed by atoms with E-state index < -0.39 is 23.4 Å². The number of nitrogens with zero attached hydrogens (tertiary/aromatic N) is 6. The number of benzene rings is 1. The van der Waals surface area contributed by atoms with E-state index >= 15 is 0 Å². The average molecular weight is 550 g/mol. The highest BCUT2D eigenvalue weighted by molar-refractivity contribution is 5.94. The number of amides is 1. The molecule has 1 amide bonds. The number of fused-ring (bicyclic) bond motifs is 1. The van der Waals surface area contributed by atoms with Gasteiger partial charge in [-0.15, -0.1) is 0 Å². The van der Waals surface area contributed by atoms with E-state index in [0.717, 1.165) is 28.4 Å². The molecule has 4 aromatic rings. The number of aromatic hydroxyl groups is 1. The number of halogens is 3. The number of aromatic nitrogens is 4. The topological polar surface area (TPSA) is 114 Å². The summed E-state index contributed by atoms with van der Waals surface area (Å²) in [5.74, 6) is -1.38. The maximum Gasteiger partial charge on any atom is 0.419 e. The molecule has 0 saturated carbocycles. The van der Waals surface area contributed by atoms with E-state index in [1.807, 2.05) is 30.7 Å². The molecule has 0 atom stereocenters. The van der Waals surface area contributed by atoms with Gasteiger partial charge in [0.1, 0.15) is 17.7 Å². The smallest absolute Gasteiger partial charge is 0.419 e. The van der Waals surface area contributed by atoms with Gasteiger partial charge in [-0.05, 0) is 43.2 Å². The first-order valence-electron chi connectivity index (χ1n) is 13.0. The Morgan fingerprint density at radius 3 is 2.67 bits per heavy atom. The molecule has 206 valence electrons. The highest BCUT2D eigenvalue weighted by Crippen LogP contribution is 2.39. The number of nitriles is 1. The van der Waals surface area contributed by atoms with Crippen LogP contribution in [0, 0.1) is 11.3 Å². The SMILES string of the molecule is N#CCC1(n2ccc(-c3ncnc4[nH]ccc34)c2)CN(C2CCN(C(=O)c3ccc(O)c(C(F)(F)F)c3)CC2)C1. The second-order valence-corrected chi connectivity index (χ2v) is 10.5. The summed E-state index contributed by atoms with van der Waals surface area (Å²) in [6.45, 7) is 2.20. The van der Waals surface area contributed by atoms with Crippen LogP contribution in [0.1, 0.15) is 35.2 Å². The first kappa shape index (κ1) is 25.9. The van der Waals surface area contributed by atoms with Gasteiger partial charge in [-0.1, -0.05) is 0 Å². The number of phenolic OH excluding ortho intramolecular Hbond substituents is 1. The van der Waals surface area contributed by atoms with Crippen molar-refractivity contribution in [1.82, 2.24) is 29.3 Å². The van der Waals surface area contributed by atoms with Gasteiger partial charge >= 0.3 is 6.18 Å². The summed E-state index contributed by atoms with van der Waals surface area (Å²) in [5.41, 5.74) is 0.844. The summed E-state index contributed by atoms with van der Waals surface area (Å²) in [4.78, 5) is 28.6. The van der Waals surface area contributed by atoms with Gasteiger partial charge in [-0.25, -0.2) is 9.97 Å². The number of carbonyl (C=O) groups is 1. The van der Waals surface area contributed by atoms with Gasteiger partial charge in [0.15, 0.2) is 0 Å². The third kappa shape index (κ3) is 4.46. The second-order valence-electron chi connectivity index (χ2n) is 10.5. The predicted octanol–water partition coefficient (Wildman–Crippen LogP) is 4.38. The Kier molecular flexibility index (Phi) is 6.26. The molecule has 2 aliphatic rings. The van der Waals surface area contributed by atoms with E-state index in [4.69, 9.17) is 0 Å². The third-order valence-corrected chi connectivity index (χ3v) is 8.09. The third-order valence-electron chi connectivity index (χ3n) is 8.09. The zero-order valence-electron chi connectivity index (χ0n) is 21.4. The summed E-state index contributed by atoms with van der Waals surface area (Å²) in [7, 11) is 0. The van der Waals surface area contributed by atoms with Crippen LogP contribution in [-0.4, -0.2) is 72.6 Å². The van der Waals surface area contributed by atoms with Gasteiger partial charge < -0.3 is 19.6 Å². The number of H-pyrrole nitrogens is 1. The summed E-state index contributed by atoms with van der Waals surface area (Å²) >= 11 is 0. The zero-order chi connectivity index (χ0) is 28.1. The molecule has 2 N–H and O–H groups in total. The predicted molar refractivity (Wildman–Crippen MR) is 139 cm³/mol. The van der Waals surface area contributed by atoms with Crippen LogP contribution in [0.15, 0.2) is 55.2 Å². The number of piperidine rings is 1. The number of hydrogen-bond acceptors (Lipinski definition) is 6. The molecule has 2 saturated heterocycles. The molecule has 40 heavy (non-hydrogen) atoms. The highest BCUT2D eigenvalue weighted by Gasteiger charge is 2.47. The molecule has 1 aromatic carbocycles. The van der Waals surface area contributed by atoms with Crippen molar-refractivity contribution in [2.24, 2.45) is 0 Å². The number of phenols is 1. The molecule has 0 bridgehead atoms. The summed E-state index contributed by atoms with van der Waals surface area (Å²) < 4.78 is 41.6. The lowest BCUT2D eigenvalue weighted by Crippen LogP contribution is -2.66. The molecule has 0 aliphatic carbocycles. The molecule has 9 nitrogen and oxygen atoms in total. The Morgan fingerprint density at radius 1 is 1.18 bits per heavy atom. The molecule has 12 heteroatoms. The van der Waals surface area contributed by atoms with E-state index in [1.165, 1.54) is 12.4 Å². The van der Waals surface area contributed by atoms with Crippen molar-refractivity contribution in [3.8, 4) is 23.1 Å². The standard InChI is InChI=1S/C28H26F3N7O2/c29-28(30,31)22-13-18(1-2-23(22)39)26(40)36-10-5-20(6-11-36)37-15-27(16-37,7-8-32)38-12-4-19(14-38)24-21-3-9-33-25(21)35-17-34-24/h1-4,9,12-14,17,20,39H,5-7,10-11,15-16H2,(H,33,34,35). The summed E-state index contributed by atoms with van der Waals surface area (Å²) in [6, 6.07) is 9.32. The maximum absolute atomic E-state index is 13.2. The Bertz CT molecular complexity index is 1610. The Labute approximate surface area is 227 Å². The fourth-order valence-electron chi connectivity index (χ4n) is 5.93. The van der Waals surface area contributed by atoms with Gasteiger partial charge in [-0.2, -0.15) is 18.4 Å². The minimum absolute atomic E-state index is 0.0930. The molecule has 3 aromatic heterocycles. The van der Waals surface area contributed by atoms with E-state index in [2.05, 4.69) is 30.5 Å². The van der Waals surface area contributed by atoms with E-state index in [0.29, 0.717) is 51.5 Å². The molecular weight excluding hydrogens is 523 g/mol. The van der Waals surface area contributed by atoms with Crippen LogP contribution in [0.5, 0.6) is 5.75 Å². The van der Waals surface area contributed by atoms with E-state index in [-0.39, 0.29) is 17.1 Å². The van der Waals surface area contributed by atoms with Gasteiger partial charge in [0.25, 0.3) is 5.91 Å². The van der Waals surface area contributed by atoms with Crippen LogP contribution in [-0.2, 0) is 11.7 Å². The number of rotatable bonds is 5. The fraction of sp³-hybridized carbons (Fsp3) is 0.357. The zero-order valence-corrected chi connectivity index (χ0v) is 21.4. The summed E-state index contributed by atoms with van der Waals surface area (Å²) in [5, 5.41) is 20.1. The van der Waals surface area contributed by atoms with Crippen LogP contribution in [0.2, 0.25) is 0 Å². The minimum Gasteiger partial charge on any atom is -0.507 e. The quantitative estimate of drug-likeness (QED) is 0.382. The minimum atomic E-state index is -4.75. The normalized spacial score (nSPS) is 18.0. The van der Waals surface area contributed by atoms with Crippen molar-refractivity contribution in [2.45, 2.75) is 37.0 Å². The number of hydrogen-bond donors (Lipinski definition) is 2. The van der Waals surface area contributed by atoms with Crippen LogP contribution in [0.3, 0.4) is 0 Å². The van der Waals surface area contributed by atoms with Crippen LogP contribution in [0.4, 0.5) is 13.2 Å². The number of carbonyl (C=O) groups excluding carboxylic acids is 1. The lowest BCUT2D eigenvalue weighted by molar-refractivity contribution is -0.138. The molecular formula is C28H26F3N7O2. The molecule has 0 unspecified atom stereocenters. The molecule has 0 radical (unpaired) electrons. The number of nitrogens with one attached hydrogen (secondary N) is 1. The van der Waals surface area contributed by atoms with Crippen molar-refractivity contribution in [1.29, 1.82) is 5.26 Å². The van der Waals surface area contributed by atoms with Crippen LogP contribution < -0.4 is 0 Å². The lowest BCUT2D eigenvalue weighted by Gasteiger charge is -2.54. The van der Waals surface area contributed by atoms with Crippen molar-refractivity contribution >= 4 is 16.9 Å². The Balaban J connectivity index is 1.11. The van der Waals surface area contributed by atoms with Crippen molar-refractivity contribution in [3.63, 3.8) is 0 Å². The molecule has 5 heterocycles. The van der Waals surface area contributed by atoms with Gasteiger partial charge in [0, 0.05) is 67.3 Å². The van der Waals surface area contributed by atoms with Crippen molar-refractivity contribution in [2.75, 3.05) is 26.2 Å². The van der Waals surface area contributed by atoms with Crippen molar-refractivity contribution in [3.05, 3.63) is 66.4 Å².